The minimum atomic E-state index is -3.14. The van der Waals surface area contributed by atoms with Crippen LogP contribution in [0.4, 0.5) is 4.39 Å². The first kappa shape index (κ1) is 9.45. The highest BCUT2D eigenvalue weighted by Crippen LogP contribution is 2.22. The third kappa shape index (κ3) is 1.94. The van der Waals surface area contributed by atoms with E-state index in [1.807, 2.05) is 0 Å². The highest BCUT2D eigenvalue weighted by atomic mass is 32.2. The number of rotatable bonds is 1. The second-order valence-corrected chi connectivity index (χ2v) is 5.27. The smallest absolute Gasteiger partial charge is 0.154 e. The van der Waals surface area contributed by atoms with Crippen molar-refractivity contribution in [2.24, 2.45) is 0 Å². The summed E-state index contributed by atoms with van der Waals surface area (Å²) in [6.07, 6.45) is 4.29. The molecule has 1 atom stereocenters. The standard InChI is InChI=1S/C8H11FO2S/c1-6-3-4-7(5-8(6)9)12(2,10)11/h3,5,7H,4H2,1-2H3. The molecule has 1 aliphatic rings. The molecule has 0 aliphatic heterocycles. The maximum Gasteiger partial charge on any atom is 0.154 e. The van der Waals surface area contributed by atoms with Crippen molar-refractivity contribution in [2.45, 2.75) is 18.6 Å². The van der Waals surface area contributed by atoms with Crippen molar-refractivity contribution in [3.63, 3.8) is 0 Å². The van der Waals surface area contributed by atoms with Crippen molar-refractivity contribution >= 4 is 9.84 Å². The maximum absolute atomic E-state index is 12.9. The fraction of sp³-hybridized carbons (Fsp3) is 0.500. The molecule has 12 heavy (non-hydrogen) atoms. The van der Waals surface area contributed by atoms with Gasteiger partial charge in [0.2, 0.25) is 0 Å². The molecule has 0 heterocycles. The lowest BCUT2D eigenvalue weighted by Gasteiger charge is -2.13. The normalized spacial score (nSPS) is 24.8. The maximum atomic E-state index is 12.9. The summed E-state index contributed by atoms with van der Waals surface area (Å²) in [5.41, 5.74) is 0.523. The van der Waals surface area contributed by atoms with E-state index >= 15 is 0 Å². The number of sulfone groups is 1. The zero-order chi connectivity index (χ0) is 9.35. The topological polar surface area (TPSA) is 34.1 Å². The third-order valence-corrected chi connectivity index (χ3v) is 3.34. The zero-order valence-electron chi connectivity index (χ0n) is 7.04. The Bertz CT molecular complexity index is 338. The molecule has 0 aromatic rings. The summed E-state index contributed by atoms with van der Waals surface area (Å²) in [4.78, 5) is 0. The summed E-state index contributed by atoms with van der Waals surface area (Å²) in [5.74, 6) is -0.420. The van der Waals surface area contributed by atoms with Gasteiger partial charge in [-0.1, -0.05) is 6.08 Å². The van der Waals surface area contributed by atoms with Crippen LogP contribution in [0.1, 0.15) is 13.3 Å². The lowest BCUT2D eigenvalue weighted by atomic mass is 10.1. The molecule has 68 valence electrons. The average molecular weight is 190 g/mol. The molecule has 4 heteroatoms. The van der Waals surface area contributed by atoms with Crippen LogP contribution in [-0.4, -0.2) is 19.9 Å². The Morgan fingerprint density at radius 1 is 1.58 bits per heavy atom. The van der Waals surface area contributed by atoms with Gasteiger partial charge < -0.3 is 0 Å². The van der Waals surface area contributed by atoms with E-state index in [2.05, 4.69) is 0 Å². The molecule has 0 N–H and O–H groups in total. The molecule has 0 radical (unpaired) electrons. The second-order valence-electron chi connectivity index (χ2n) is 3.01. The van der Waals surface area contributed by atoms with Crippen LogP contribution in [0.5, 0.6) is 0 Å². The van der Waals surface area contributed by atoms with Crippen molar-refractivity contribution in [3.05, 3.63) is 23.6 Å². The molecule has 0 spiro atoms. The van der Waals surface area contributed by atoms with Crippen LogP contribution in [0.3, 0.4) is 0 Å². The van der Waals surface area contributed by atoms with Crippen LogP contribution in [0.2, 0.25) is 0 Å². The van der Waals surface area contributed by atoms with Crippen molar-refractivity contribution in [1.29, 1.82) is 0 Å². The Hall–Kier alpha value is -0.640. The Balaban J connectivity index is 2.94. The third-order valence-electron chi connectivity index (χ3n) is 1.92. The Morgan fingerprint density at radius 2 is 2.17 bits per heavy atom. The molecule has 0 aromatic heterocycles. The van der Waals surface area contributed by atoms with Gasteiger partial charge in [-0.15, -0.1) is 0 Å². The quantitative estimate of drug-likeness (QED) is 0.629. The predicted molar refractivity (Wildman–Crippen MR) is 46.2 cm³/mol. The molecular weight excluding hydrogens is 179 g/mol. The van der Waals surface area contributed by atoms with Gasteiger partial charge in [-0.25, -0.2) is 12.8 Å². The summed E-state index contributed by atoms with van der Waals surface area (Å²) in [6.45, 7) is 1.63. The predicted octanol–water partition coefficient (Wildman–Crippen LogP) is 1.60. The van der Waals surface area contributed by atoms with E-state index in [9.17, 15) is 12.8 Å². The highest BCUT2D eigenvalue weighted by Gasteiger charge is 2.21. The molecule has 0 fully saturated rings. The summed E-state index contributed by atoms with van der Waals surface area (Å²) in [5, 5.41) is -0.679. The van der Waals surface area contributed by atoms with E-state index in [1.54, 1.807) is 13.0 Å². The van der Waals surface area contributed by atoms with Crippen molar-refractivity contribution in [3.8, 4) is 0 Å². The van der Waals surface area contributed by atoms with Crippen LogP contribution in [0.15, 0.2) is 23.6 Å². The minimum absolute atomic E-state index is 0.387. The second kappa shape index (κ2) is 3.01. The molecule has 0 saturated carbocycles. The fourth-order valence-corrected chi connectivity index (χ4v) is 1.86. The van der Waals surface area contributed by atoms with Gasteiger partial charge in [0.05, 0.1) is 5.25 Å². The van der Waals surface area contributed by atoms with Gasteiger partial charge in [-0.05, 0) is 25.0 Å². The van der Waals surface area contributed by atoms with Crippen LogP contribution in [0.25, 0.3) is 0 Å². The lowest BCUT2D eigenvalue weighted by molar-refractivity contribution is 0.586. The van der Waals surface area contributed by atoms with Gasteiger partial charge in [0.25, 0.3) is 0 Å². The average Bonchev–Trinajstić information content (AvgIpc) is 1.92. The van der Waals surface area contributed by atoms with Crippen molar-refractivity contribution < 1.29 is 12.8 Å². The summed E-state index contributed by atoms with van der Waals surface area (Å²) in [6, 6.07) is 0. The van der Waals surface area contributed by atoms with E-state index in [0.29, 0.717) is 12.0 Å². The molecule has 1 unspecified atom stereocenters. The Labute approximate surface area is 71.7 Å². The molecule has 0 saturated heterocycles. The minimum Gasteiger partial charge on any atom is -0.229 e. The van der Waals surface area contributed by atoms with Crippen LogP contribution < -0.4 is 0 Å². The monoisotopic (exact) mass is 190 g/mol. The van der Waals surface area contributed by atoms with Gasteiger partial charge in [-0.2, -0.15) is 0 Å². The SMILES string of the molecule is CC1=CCC(S(C)(=O)=O)C=C1F. The number of allylic oxidation sites excluding steroid dienone is 3. The molecule has 0 amide bonds. The Kier molecular flexibility index (Phi) is 2.37. The fourth-order valence-electron chi connectivity index (χ4n) is 1.05. The lowest BCUT2D eigenvalue weighted by Crippen LogP contribution is -2.19. The largest absolute Gasteiger partial charge is 0.229 e. The summed E-state index contributed by atoms with van der Waals surface area (Å²) in [7, 11) is -3.14. The van der Waals surface area contributed by atoms with E-state index in [1.165, 1.54) is 6.08 Å². The molecule has 1 rings (SSSR count). The van der Waals surface area contributed by atoms with Gasteiger partial charge in [0.15, 0.2) is 9.84 Å². The van der Waals surface area contributed by atoms with E-state index < -0.39 is 20.9 Å². The van der Waals surface area contributed by atoms with Gasteiger partial charge in [-0.3, -0.25) is 0 Å². The van der Waals surface area contributed by atoms with Crippen LogP contribution >= 0.6 is 0 Å². The molecule has 0 bridgehead atoms. The van der Waals surface area contributed by atoms with E-state index in [4.69, 9.17) is 0 Å². The van der Waals surface area contributed by atoms with Crippen LogP contribution in [-0.2, 0) is 9.84 Å². The molecule has 0 aromatic carbocycles. The van der Waals surface area contributed by atoms with E-state index in [-0.39, 0.29) is 0 Å². The van der Waals surface area contributed by atoms with Crippen LogP contribution in [0, 0.1) is 0 Å². The Morgan fingerprint density at radius 3 is 2.58 bits per heavy atom. The summed E-state index contributed by atoms with van der Waals surface area (Å²) >= 11 is 0. The molecular formula is C8H11FO2S. The highest BCUT2D eigenvalue weighted by molar-refractivity contribution is 7.91. The summed E-state index contributed by atoms with van der Waals surface area (Å²) < 4.78 is 34.9. The number of hydrogen-bond acceptors (Lipinski definition) is 2. The number of hydrogen-bond donors (Lipinski definition) is 0. The zero-order valence-corrected chi connectivity index (χ0v) is 7.86. The van der Waals surface area contributed by atoms with Crippen molar-refractivity contribution in [1.82, 2.24) is 0 Å². The van der Waals surface area contributed by atoms with Crippen molar-refractivity contribution in [2.75, 3.05) is 6.26 Å². The number of halogens is 1. The molecule has 1 aliphatic carbocycles. The first-order valence-electron chi connectivity index (χ1n) is 3.64. The first-order chi connectivity index (χ1) is 5.41. The molecule has 2 nitrogen and oxygen atoms in total. The van der Waals surface area contributed by atoms with Gasteiger partial charge in [0.1, 0.15) is 5.83 Å². The van der Waals surface area contributed by atoms with Gasteiger partial charge >= 0.3 is 0 Å². The first-order valence-corrected chi connectivity index (χ1v) is 5.60. The van der Waals surface area contributed by atoms with E-state index in [0.717, 1.165) is 6.26 Å². The van der Waals surface area contributed by atoms with Gasteiger partial charge in [0, 0.05) is 6.26 Å².